The maximum Gasteiger partial charge on any atom is 0.259 e. The first-order valence-corrected chi connectivity index (χ1v) is 7.40. The van der Waals surface area contributed by atoms with Gasteiger partial charge in [-0.3, -0.25) is 0 Å². The summed E-state index contributed by atoms with van der Waals surface area (Å²) in [5.74, 6) is 1.29. The molecule has 1 aliphatic heterocycles. The lowest BCUT2D eigenvalue weighted by Crippen LogP contribution is -1.99. The van der Waals surface area contributed by atoms with Crippen molar-refractivity contribution in [1.29, 1.82) is 0 Å². The van der Waals surface area contributed by atoms with Gasteiger partial charge in [0.15, 0.2) is 5.82 Å². The van der Waals surface area contributed by atoms with E-state index >= 15 is 0 Å². The second-order valence-electron chi connectivity index (χ2n) is 5.13. The van der Waals surface area contributed by atoms with E-state index in [1.54, 1.807) is 16.9 Å². The summed E-state index contributed by atoms with van der Waals surface area (Å²) in [5, 5.41) is 8.83. The van der Waals surface area contributed by atoms with Crippen LogP contribution in [0.3, 0.4) is 0 Å². The van der Waals surface area contributed by atoms with Crippen LogP contribution in [0.2, 0.25) is 5.02 Å². The highest BCUT2D eigenvalue weighted by atomic mass is 35.5. The standard InChI is InChI=1S/C15H13ClN4O2/c16-13-3-2-11(20-6-1-5-17-20)8-12(13)15-18-14(19-22-15)10-4-7-21-9-10/h1-3,5-6,8,10H,4,7,9H2. The lowest BCUT2D eigenvalue weighted by Gasteiger charge is -2.04. The molecule has 1 atom stereocenters. The van der Waals surface area contributed by atoms with Crippen LogP contribution in [-0.2, 0) is 4.74 Å². The van der Waals surface area contributed by atoms with Crippen LogP contribution in [0.1, 0.15) is 18.2 Å². The number of aromatic nitrogens is 4. The fraction of sp³-hybridized carbons (Fsp3) is 0.267. The Balaban J connectivity index is 1.71. The molecule has 22 heavy (non-hydrogen) atoms. The van der Waals surface area contributed by atoms with Crippen molar-refractivity contribution >= 4 is 11.6 Å². The van der Waals surface area contributed by atoms with Gasteiger partial charge in [0.2, 0.25) is 0 Å². The summed E-state index contributed by atoms with van der Waals surface area (Å²) in [5.41, 5.74) is 1.58. The Hall–Kier alpha value is -2.18. The van der Waals surface area contributed by atoms with Gasteiger partial charge in [0.25, 0.3) is 5.89 Å². The zero-order valence-electron chi connectivity index (χ0n) is 11.6. The molecule has 0 radical (unpaired) electrons. The Morgan fingerprint density at radius 2 is 2.27 bits per heavy atom. The minimum absolute atomic E-state index is 0.200. The number of ether oxygens (including phenoxy) is 1. The molecule has 1 aliphatic rings. The number of hydrogen-bond acceptors (Lipinski definition) is 5. The largest absolute Gasteiger partial charge is 0.381 e. The third-order valence-corrected chi connectivity index (χ3v) is 4.02. The average Bonchev–Trinajstić information content (AvgIpc) is 3.28. The first-order chi connectivity index (χ1) is 10.8. The van der Waals surface area contributed by atoms with E-state index in [0.29, 0.717) is 28.9 Å². The van der Waals surface area contributed by atoms with Gasteiger partial charge in [-0.25, -0.2) is 4.68 Å². The Morgan fingerprint density at radius 3 is 3.05 bits per heavy atom. The second-order valence-corrected chi connectivity index (χ2v) is 5.54. The number of halogens is 1. The summed E-state index contributed by atoms with van der Waals surface area (Å²) in [6.07, 6.45) is 4.50. The summed E-state index contributed by atoms with van der Waals surface area (Å²) in [6.45, 7) is 1.38. The normalized spacial score (nSPS) is 18.0. The van der Waals surface area contributed by atoms with Crippen LogP contribution in [-0.4, -0.2) is 33.1 Å². The second kappa shape index (κ2) is 5.55. The van der Waals surface area contributed by atoms with Crippen LogP contribution >= 0.6 is 11.6 Å². The van der Waals surface area contributed by atoms with Crippen molar-refractivity contribution in [3.63, 3.8) is 0 Å². The predicted octanol–water partition coefficient (Wildman–Crippen LogP) is 3.08. The molecule has 112 valence electrons. The van der Waals surface area contributed by atoms with Crippen molar-refractivity contribution < 1.29 is 9.26 Å². The van der Waals surface area contributed by atoms with Crippen LogP contribution in [0.25, 0.3) is 17.1 Å². The number of hydrogen-bond donors (Lipinski definition) is 0. The summed E-state index contributed by atoms with van der Waals surface area (Å²) in [6, 6.07) is 7.44. The van der Waals surface area contributed by atoms with E-state index in [9.17, 15) is 0 Å². The van der Waals surface area contributed by atoms with Gasteiger partial charge < -0.3 is 9.26 Å². The van der Waals surface area contributed by atoms with Crippen LogP contribution in [0.4, 0.5) is 0 Å². The molecule has 6 nitrogen and oxygen atoms in total. The van der Waals surface area contributed by atoms with Crippen LogP contribution in [0.5, 0.6) is 0 Å². The summed E-state index contributed by atoms with van der Waals surface area (Å²) < 4.78 is 12.5. The van der Waals surface area contributed by atoms with Gasteiger partial charge in [-0.05, 0) is 30.7 Å². The number of nitrogens with zero attached hydrogens (tertiary/aromatic N) is 4. The van der Waals surface area contributed by atoms with Crippen LogP contribution in [0, 0.1) is 0 Å². The van der Waals surface area contributed by atoms with Crippen molar-refractivity contribution in [2.45, 2.75) is 12.3 Å². The van der Waals surface area contributed by atoms with E-state index < -0.39 is 0 Å². The van der Waals surface area contributed by atoms with Crippen LogP contribution in [0.15, 0.2) is 41.2 Å². The molecule has 0 aliphatic carbocycles. The van der Waals surface area contributed by atoms with Gasteiger partial charge in [-0.1, -0.05) is 16.8 Å². The minimum atomic E-state index is 0.200. The van der Waals surface area contributed by atoms with E-state index in [1.165, 1.54) is 0 Å². The lowest BCUT2D eigenvalue weighted by molar-refractivity contribution is 0.192. The Labute approximate surface area is 131 Å². The molecule has 0 spiro atoms. The molecule has 4 rings (SSSR count). The Morgan fingerprint density at radius 1 is 1.32 bits per heavy atom. The van der Waals surface area contributed by atoms with E-state index in [-0.39, 0.29) is 5.92 Å². The van der Waals surface area contributed by atoms with Crippen molar-refractivity contribution in [2.24, 2.45) is 0 Å². The molecule has 3 aromatic rings. The molecule has 0 N–H and O–H groups in total. The zero-order valence-corrected chi connectivity index (χ0v) is 12.4. The quantitative estimate of drug-likeness (QED) is 0.743. The van der Waals surface area contributed by atoms with E-state index in [1.807, 2.05) is 24.4 Å². The van der Waals surface area contributed by atoms with Crippen molar-refractivity contribution in [3.05, 3.63) is 47.5 Å². The van der Waals surface area contributed by atoms with Crippen molar-refractivity contribution in [1.82, 2.24) is 19.9 Å². The first kappa shape index (κ1) is 13.5. The molecule has 0 saturated carbocycles. The zero-order chi connectivity index (χ0) is 14.9. The fourth-order valence-electron chi connectivity index (χ4n) is 2.49. The smallest absolute Gasteiger partial charge is 0.259 e. The third kappa shape index (κ3) is 2.40. The highest BCUT2D eigenvalue weighted by Gasteiger charge is 2.24. The highest BCUT2D eigenvalue weighted by molar-refractivity contribution is 6.33. The van der Waals surface area contributed by atoms with E-state index in [2.05, 4.69) is 15.2 Å². The maximum atomic E-state index is 6.28. The molecule has 0 bridgehead atoms. The monoisotopic (exact) mass is 316 g/mol. The van der Waals surface area contributed by atoms with Gasteiger partial charge in [0, 0.05) is 24.9 Å². The van der Waals surface area contributed by atoms with E-state index in [0.717, 1.165) is 18.7 Å². The van der Waals surface area contributed by atoms with Gasteiger partial charge in [-0.15, -0.1) is 0 Å². The number of rotatable bonds is 3. The topological polar surface area (TPSA) is 66.0 Å². The predicted molar refractivity (Wildman–Crippen MR) is 80.0 cm³/mol. The third-order valence-electron chi connectivity index (χ3n) is 3.69. The molecule has 1 unspecified atom stereocenters. The molecular formula is C15H13ClN4O2. The minimum Gasteiger partial charge on any atom is -0.381 e. The Kier molecular flexibility index (Phi) is 3.40. The molecule has 3 heterocycles. The molecule has 1 fully saturated rings. The molecule has 1 saturated heterocycles. The molecule has 2 aromatic heterocycles. The van der Waals surface area contributed by atoms with Crippen LogP contribution < -0.4 is 0 Å². The molecular weight excluding hydrogens is 304 g/mol. The summed E-state index contributed by atoms with van der Waals surface area (Å²) >= 11 is 6.28. The van der Waals surface area contributed by atoms with Gasteiger partial charge in [0.05, 0.1) is 22.9 Å². The maximum absolute atomic E-state index is 6.28. The van der Waals surface area contributed by atoms with E-state index in [4.69, 9.17) is 20.9 Å². The van der Waals surface area contributed by atoms with Crippen molar-refractivity contribution in [2.75, 3.05) is 13.2 Å². The van der Waals surface area contributed by atoms with Crippen molar-refractivity contribution in [3.8, 4) is 17.1 Å². The Bertz CT molecular complexity index is 779. The molecule has 7 heteroatoms. The summed E-state index contributed by atoms with van der Waals surface area (Å²) in [4.78, 5) is 4.47. The average molecular weight is 317 g/mol. The molecule has 0 amide bonds. The van der Waals surface area contributed by atoms with Gasteiger partial charge in [0.1, 0.15) is 0 Å². The lowest BCUT2D eigenvalue weighted by atomic mass is 10.1. The van der Waals surface area contributed by atoms with Gasteiger partial charge in [-0.2, -0.15) is 10.1 Å². The SMILES string of the molecule is Clc1ccc(-n2cccn2)cc1-c1nc(C2CCOC2)no1. The first-order valence-electron chi connectivity index (χ1n) is 7.02. The highest BCUT2D eigenvalue weighted by Crippen LogP contribution is 2.31. The molecule has 1 aromatic carbocycles. The fourth-order valence-corrected chi connectivity index (χ4v) is 2.69. The summed E-state index contributed by atoms with van der Waals surface area (Å²) in [7, 11) is 0. The number of benzene rings is 1. The van der Waals surface area contributed by atoms with Gasteiger partial charge >= 0.3 is 0 Å².